The molecule has 0 aromatic heterocycles. The van der Waals surface area contributed by atoms with Crippen molar-refractivity contribution in [3.63, 3.8) is 0 Å². The Hall–Kier alpha value is -1.97. The third-order valence-corrected chi connectivity index (χ3v) is 3.05. The van der Waals surface area contributed by atoms with Gasteiger partial charge in [0.25, 0.3) is 0 Å². The second kappa shape index (κ2) is 9.36. The van der Waals surface area contributed by atoms with Crippen LogP contribution >= 0.6 is 0 Å². The first-order valence-corrected chi connectivity index (χ1v) is 7.30. The van der Waals surface area contributed by atoms with E-state index in [1.54, 1.807) is 0 Å². The van der Waals surface area contributed by atoms with Crippen LogP contribution in [0.25, 0.3) is 0 Å². The van der Waals surface area contributed by atoms with Gasteiger partial charge in [-0.05, 0) is 0 Å². The Balaban J connectivity index is 3.02. The quantitative estimate of drug-likeness (QED) is 0.376. The predicted molar refractivity (Wildman–Crippen MR) is 78.6 cm³/mol. The summed E-state index contributed by atoms with van der Waals surface area (Å²) in [5.74, 6) is -1.93. The minimum atomic E-state index is -1.39. The molecule has 24 heavy (non-hydrogen) atoms. The minimum absolute atomic E-state index is 0.0611. The number of carbonyl (C=O) groups is 3. The Morgan fingerprint density at radius 3 is 2.17 bits per heavy atom. The van der Waals surface area contributed by atoms with Crippen LogP contribution in [0, 0.1) is 0 Å². The van der Waals surface area contributed by atoms with Crippen LogP contribution in [0.5, 0.6) is 0 Å². The van der Waals surface area contributed by atoms with Gasteiger partial charge in [0.1, 0.15) is 18.8 Å². The van der Waals surface area contributed by atoms with Crippen LogP contribution < -0.4 is 0 Å². The van der Waals surface area contributed by atoms with Crippen LogP contribution in [0.3, 0.4) is 0 Å². The highest BCUT2D eigenvalue weighted by atomic mass is 16.7. The van der Waals surface area contributed by atoms with Gasteiger partial charge in [0, 0.05) is 20.8 Å². The van der Waals surface area contributed by atoms with E-state index < -0.39 is 48.6 Å². The third-order valence-electron chi connectivity index (χ3n) is 3.05. The number of aliphatic hydroxyl groups excluding tert-OH is 1. The maximum Gasteiger partial charge on any atom is 0.303 e. The fourth-order valence-corrected chi connectivity index (χ4v) is 2.17. The molecule has 1 saturated heterocycles. The Labute approximate surface area is 139 Å². The lowest BCUT2D eigenvalue weighted by molar-refractivity contribution is -0.304. The van der Waals surface area contributed by atoms with E-state index in [0.29, 0.717) is 0 Å². The first-order chi connectivity index (χ1) is 11.3. The van der Waals surface area contributed by atoms with E-state index in [1.807, 2.05) is 0 Å². The third kappa shape index (κ3) is 5.91. The maximum absolute atomic E-state index is 11.3. The van der Waals surface area contributed by atoms with Crippen LogP contribution in [0.2, 0.25) is 0 Å². The molecule has 9 nitrogen and oxygen atoms in total. The zero-order chi connectivity index (χ0) is 18.3. The minimum Gasteiger partial charge on any atom is -0.463 e. The first-order valence-electron chi connectivity index (χ1n) is 7.30. The van der Waals surface area contributed by atoms with Crippen LogP contribution in [-0.2, 0) is 38.1 Å². The van der Waals surface area contributed by atoms with Gasteiger partial charge in [-0.1, -0.05) is 6.08 Å². The highest BCUT2D eigenvalue weighted by molar-refractivity contribution is 5.67. The molecule has 0 saturated carbocycles. The maximum atomic E-state index is 11.3. The van der Waals surface area contributed by atoms with Crippen molar-refractivity contribution in [3.05, 3.63) is 12.7 Å². The average molecular weight is 346 g/mol. The highest BCUT2D eigenvalue weighted by Crippen LogP contribution is 2.27. The Morgan fingerprint density at radius 1 is 1.08 bits per heavy atom. The lowest BCUT2D eigenvalue weighted by Gasteiger charge is -2.42. The molecule has 0 spiro atoms. The van der Waals surface area contributed by atoms with Crippen LogP contribution in [0.4, 0.5) is 0 Å². The molecule has 0 aliphatic carbocycles. The molecule has 0 bridgehead atoms. The topological polar surface area (TPSA) is 118 Å². The number of rotatable bonds is 7. The summed E-state index contributed by atoms with van der Waals surface area (Å²) >= 11 is 0. The van der Waals surface area contributed by atoms with Gasteiger partial charge in [-0.3, -0.25) is 14.4 Å². The van der Waals surface area contributed by atoms with Gasteiger partial charge in [-0.2, -0.15) is 0 Å². The van der Waals surface area contributed by atoms with Crippen molar-refractivity contribution in [2.45, 2.75) is 51.5 Å². The number of esters is 3. The van der Waals surface area contributed by atoms with Crippen molar-refractivity contribution in [1.29, 1.82) is 0 Å². The number of hydrogen-bond acceptors (Lipinski definition) is 9. The second-order valence-electron chi connectivity index (χ2n) is 5.11. The molecule has 0 aromatic rings. The Kier molecular flexibility index (Phi) is 7.83. The fourth-order valence-electron chi connectivity index (χ4n) is 2.17. The number of hydrogen-bond donors (Lipinski definition) is 1. The van der Waals surface area contributed by atoms with E-state index in [9.17, 15) is 19.5 Å². The van der Waals surface area contributed by atoms with Crippen LogP contribution in [0.1, 0.15) is 20.8 Å². The lowest BCUT2D eigenvalue weighted by atomic mass is 9.98. The fraction of sp³-hybridized carbons (Fsp3) is 0.667. The summed E-state index contributed by atoms with van der Waals surface area (Å²) in [4.78, 5) is 33.6. The monoisotopic (exact) mass is 346 g/mol. The zero-order valence-corrected chi connectivity index (χ0v) is 13.8. The van der Waals surface area contributed by atoms with E-state index >= 15 is 0 Å². The second-order valence-corrected chi connectivity index (χ2v) is 5.11. The van der Waals surface area contributed by atoms with Crippen molar-refractivity contribution in [3.8, 4) is 0 Å². The van der Waals surface area contributed by atoms with Crippen molar-refractivity contribution >= 4 is 17.9 Å². The summed E-state index contributed by atoms with van der Waals surface area (Å²) in [5.41, 5.74) is 0. The SMILES string of the molecule is C=CCOC1OC(COC(C)=O)C(O)C(OC(C)=O)C1OC(C)=O. The average Bonchev–Trinajstić information content (AvgIpc) is 2.48. The molecule has 136 valence electrons. The number of ether oxygens (including phenoxy) is 5. The van der Waals surface area contributed by atoms with E-state index in [4.69, 9.17) is 23.7 Å². The summed E-state index contributed by atoms with van der Waals surface area (Å²) in [6.45, 7) is 6.78. The van der Waals surface area contributed by atoms with Gasteiger partial charge in [0.05, 0.1) is 6.61 Å². The summed E-state index contributed by atoms with van der Waals surface area (Å²) in [6, 6.07) is 0. The smallest absolute Gasteiger partial charge is 0.303 e. The molecule has 1 N–H and O–H groups in total. The molecule has 5 atom stereocenters. The van der Waals surface area contributed by atoms with Gasteiger partial charge < -0.3 is 28.8 Å². The predicted octanol–water partition coefficient (Wildman–Crippen LogP) is -0.299. The first kappa shape index (κ1) is 20.1. The van der Waals surface area contributed by atoms with Crippen LogP contribution in [0.15, 0.2) is 12.7 Å². The van der Waals surface area contributed by atoms with Gasteiger partial charge >= 0.3 is 17.9 Å². The molecular formula is C15H22O9. The largest absolute Gasteiger partial charge is 0.463 e. The summed E-state index contributed by atoms with van der Waals surface area (Å²) in [5, 5.41) is 10.4. The van der Waals surface area contributed by atoms with E-state index in [0.717, 1.165) is 13.8 Å². The summed E-state index contributed by atoms with van der Waals surface area (Å²) in [7, 11) is 0. The molecule has 0 amide bonds. The highest BCUT2D eigenvalue weighted by Gasteiger charge is 2.50. The molecule has 5 unspecified atom stereocenters. The standard InChI is InChI=1S/C15H22O9/c1-5-6-20-15-14(23-10(4)18)13(22-9(3)17)12(19)11(24-15)7-21-8(2)16/h5,11-15,19H,1,6-7H2,2-4H3. The normalized spacial score (nSPS) is 29.4. The van der Waals surface area contributed by atoms with Gasteiger partial charge in [0.15, 0.2) is 18.5 Å². The van der Waals surface area contributed by atoms with Crippen molar-refractivity contribution in [1.82, 2.24) is 0 Å². The summed E-state index contributed by atoms with van der Waals surface area (Å²) in [6.07, 6.45) is -4.53. The van der Waals surface area contributed by atoms with Gasteiger partial charge in [-0.15, -0.1) is 6.58 Å². The van der Waals surface area contributed by atoms with Gasteiger partial charge in [0.2, 0.25) is 0 Å². The molecule has 1 aliphatic heterocycles. The molecule has 9 heteroatoms. The molecule has 0 aromatic carbocycles. The van der Waals surface area contributed by atoms with Crippen molar-refractivity contribution in [2.24, 2.45) is 0 Å². The molecule has 0 radical (unpaired) electrons. The molecule has 1 rings (SSSR count). The molecule has 1 fully saturated rings. The lowest BCUT2D eigenvalue weighted by Crippen LogP contribution is -2.61. The van der Waals surface area contributed by atoms with E-state index in [-0.39, 0.29) is 13.2 Å². The Bertz CT molecular complexity index is 476. The number of carbonyl (C=O) groups excluding carboxylic acids is 3. The van der Waals surface area contributed by atoms with E-state index in [1.165, 1.54) is 13.0 Å². The molecule has 1 heterocycles. The van der Waals surface area contributed by atoms with Crippen LogP contribution in [-0.4, -0.2) is 66.9 Å². The zero-order valence-electron chi connectivity index (χ0n) is 13.8. The Morgan fingerprint density at radius 2 is 1.67 bits per heavy atom. The van der Waals surface area contributed by atoms with Crippen molar-refractivity contribution < 1.29 is 43.2 Å². The summed E-state index contributed by atoms with van der Waals surface area (Å²) < 4.78 is 25.9. The molecule has 1 aliphatic rings. The van der Waals surface area contributed by atoms with E-state index in [2.05, 4.69) is 6.58 Å². The molecular weight excluding hydrogens is 324 g/mol. The number of aliphatic hydroxyl groups is 1. The van der Waals surface area contributed by atoms with Gasteiger partial charge in [-0.25, -0.2) is 0 Å². The van der Waals surface area contributed by atoms with Crippen molar-refractivity contribution in [2.75, 3.05) is 13.2 Å².